The number of benzene rings is 1. The Hall–Kier alpha value is -2.78. The molecule has 9 heteroatoms. The number of nitrogens with one attached hydrogen (secondary N) is 2. The molecule has 0 atom stereocenters. The molecule has 2 aromatic rings. The van der Waals surface area contributed by atoms with Crippen LogP contribution in [-0.2, 0) is 4.74 Å². The molecule has 0 bridgehead atoms. The minimum atomic E-state index is -0.466. The molecular formula is C15H19N5O4. The Morgan fingerprint density at radius 1 is 1.25 bits per heavy atom. The van der Waals surface area contributed by atoms with Gasteiger partial charge >= 0.3 is 0 Å². The second kappa shape index (κ2) is 8.75. The van der Waals surface area contributed by atoms with E-state index in [1.807, 2.05) is 0 Å². The molecule has 0 spiro atoms. The quantitative estimate of drug-likeness (QED) is 0.398. The number of aromatic nitrogens is 2. The van der Waals surface area contributed by atoms with Crippen molar-refractivity contribution < 1.29 is 14.5 Å². The van der Waals surface area contributed by atoms with E-state index in [0.717, 1.165) is 6.54 Å². The second-order valence-corrected chi connectivity index (χ2v) is 4.92. The van der Waals surface area contributed by atoms with E-state index in [1.165, 1.54) is 16.8 Å². The minimum Gasteiger partial charge on any atom is -0.383 e. The molecule has 0 fully saturated rings. The average Bonchev–Trinajstić information content (AvgIpc) is 3.08. The summed E-state index contributed by atoms with van der Waals surface area (Å²) < 4.78 is 6.40. The minimum absolute atomic E-state index is 0.00449. The highest BCUT2D eigenvalue weighted by atomic mass is 16.6. The lowest BCUT2D eigenvalue weighted by Gasteiger charge is -2.05. The van der Waals surface area contributed by atoms with Gasteiger partial charge in [-0.3, -0.25) is 14.9 Å². The zero-order valence-corrected chi connectivity index (χ0v) is 13.3. The van der Waals surface area contributed by atoms with Crippen molar-refractivity contribution in [3.63, 3.8) is 0 Å². The Morgan fingerprint density at radius 2 is 2.00 bits per heavy atom. The van der Waals surface area contributed by atoms with Crippen LogP contribution in [0, 0.1) is 10.1 Å². The predicted octanol–water partition coefficient (Wildman–Crippen LogP) is 0.746. The number of methoxy groups -OCH3 is 1. The fraction of sp³-hybridized carbons (Fsp3) is 0.333. The predicted molar refractivity (Wildman–Crippen MR) is 87.3 cm³/mol. The number of hydrogen-bond donors (Lipinski definition) is 2. The van der Waals surface area contributed by atoms with Gasteiger partial charge in [0.2, 0.25) is 0 Å². The van der Waals surface area contributed by atoms with Gasteiger partial charge < -0.3 is 15.4 Å². The molecular weight excluding hydrogens is 314 g/mol. The molecule has 0 saturated carbocycles. The number of carbonyl (C=O) groups excluding carboxylic acids is 1. The fourth-order valence-electron chi connectivity index (χ4n) is 1.97. The molecule has 24 heavy (non-hydrogen) atoms. The summed E-state index contributed by atoms with van der Waals surface area (Å²) in [5, 5.41) is 20.7. The van der Waals surface area contributed by atoms with Crippen LogP contribution in [0.4, 0.5) is 5.69 Å². The first kappa shape index (κ1) is 17.6. The van der Waals surface area contributed by atoms with Gasteiger partial charge in [-0.25, -0.2) is 4.68 Å². The Bertz CT molecular complexity index is 683. The average molecular weight is 333 g/mol. The van der Waals surface area contributed by atoms with Gasteiger partial charge in [0, 0.05) is 45.1 Å². The third-order valence-electron chi connectivity index (χ3n) is 3.22. The van der Waals surface area contributed by atoms with Crippen LogP contribution in [0.5, 0.6) is 0 Å². The van der Waals surface area contributed by atoms with Crippen LogP contribution in [0.15, 0.2) is 36.5 Å². The smallest absolute Gasteiger partial charge is 0.271 e. The summed E-state index contributed by atoms with van der Waals surface area (Å²) in [6.07, 6.45) is 1.63. The van der Waals surface area contributed by atoms with Gasteiger partial charge in [0.1, 0.15) is 0 Å². The van der Waals surface area contributed by atoms with E-state index in [-0.39, 0.29) is 17.3 Å². The lowest BCUT2D eigenvalue weighted by Crippen LogP contribution is -2.33. The van der Waals surface area contributed by atoms with Crippen LogP contribution in [0.3, 0.4) is 0 Å². The van der Waals surface area contributed by atoms with Crippen LogP contribution in [0.25, 0.3) is 5.69 Å². The van der Waals surface area contributed by atoms with Gasteiger partial charge in [0.25, 0.3) is 11.6 Å². The number of nitrogens with zero attached hydrogens (tertiary/aromatic N) is 3. The van der Waals surface area contributed by atoms with Crippen molar-refractivity contribution in [3.8, 4) is 5.69 Å². The SMILES string of the molecule is COCCNCCNC(=O)c1ccn(-c2ccc([N+](=O)[O-])cc2)n1. The van der Waals surface area contributed by atoms with Crippen molar-refractivity contribution >= 4 is 11.6 Å². The molecule has 1 aromatic carbocycles. The molecule has 1 amide bonds. The van der Waals surface area contributed by atoms with Crippen molar-refractivity contribution in [1.29, 1.82) is 0 Å². The number of ether oxygens (including phenoxy) is 1. The summed E-state index contributed by atoms with van der Waals surface area (Å²) >= 11 is 0. The summed E-state index contributed by atoms with van der Waals surface area (Å²) in [5.74, 6) is -0.274. The van der Waals surface area contributed by atoms with E-state index in [1.54, 1.807) is 31.5 Å². The van der Waals surface area contributed by atoms with E-state index in [2.05, 4.69) is 15.7 Å². The molecule has 1 heterocycles. The van der Waals surface area contributed by atoms with Crippen molar-refractivity contribution in [1.82, 2.24) is 20.4 Å². The molecule has 128 valence electrons. The number of nitro benzene ring substituents is 1. The van der Waals surface area contributed by atoms with Gasteiger partial charge in [0.05, 0.1) is 17.2 Å². The highest BCUT2D eigenvalue weighted by molar-refractivity contribution is 5.92. The number of nitro groups is 1. The number of rotatable bonds is 9. The monoisotopic (exact) mass is 333 g/mol. The van der Waals surface area contributed by atoms with Crippen molar-refractivity contribution in [2.45, 2.75) is 0 Å². The van der Waals surface area contributed by atoms with Crippen LogP contribution in [0.2, 0.25) is 0 Å². The molecule has 0 aliphatic carbocycles. The summed E-state index contributed by atoms with van der Waals surface area (Å²) in [6.45, 7) is 2.46. The lowest BCUT2D eigenvalue weighted by atomic mass is 10.3. The van der Waals surface area contributed by atoms with Gasteiger partial charge in [0.15, 0.2) is 5.69 Å². The normalized spacial score (nSPS) is 10.5. The molecule has 2 N–H and O–H groups in total. The third kappa shape index (κ3) is 4.86. The van der Waals surface area contributed by atoms with E-state index in [4.69, 9.17) is 4.74 Å². The summed E-state index contributed by atoms with van der Waals surface area (Å²) in [6, 6.07) is 7.53. The van der Waals surface area contributed by atoms with Crippen molar-refractivity contribution in [2.75, 3.05) is 33.4 Å². The Morgan fingerprint density at radius 3 is 2.67 bits per heavy atom. The number of amides is 1. The molecule has 1 aromatic heterocycles. The molecule has 0 radical (unpaired) electrons. The van der Waals surface area contributed by atoms with E-state index in [9.17, 15) is 14.9 Å². The van der Waals surface area contributed by atoms with E-state index in [0.29, 0.717) is 25.4 Å². The number of hydrogen-bond acceptors (Lipinski definition) is 6. The first-order chi connectivity index (χ1) is 11.6. The Balaban J connectivity index is 1.87. The first-order valence-corrected chi connectivity index (χ1v) is 7.40. The third-order valence-corrected chi connectivity index (χ3v) is 3.22. The van der Waals surface area contributed by atoms with Gasteiger partial charge in [-0.15, -0.1) is 0 Å². The maximum atomic E-state index is 12.0. The van der Waals surface area contributed by atoms with E-state index >= 15 is 0 Å². The maximum absolute atomic E-state index is 12.0. The Labute approximate surface area is 138 Å². The Kier molecular flexibility index (Phi) is 6.41. The molecule has 0 aliphatic rings. The zero-order valence-electron chi connectivity index (χ0n) is 13.3. The zero-order chi connectivity index (χ0) is 17.4. The summed E-state index contributed by atoms with van der Waals surface area (Å²) in [5.41, 5.74) is 0.927. The lowest BCUT2D eigenvalue weighted by molar-refractivity contribution is -0.384. The summed E-state index contributed by atoms with van der Waals surface area (Å²) in [4.78, 5) is 22.2. The van der Waals surface area contributed by atoms with Gasteiger partial charge in [-0.1, -0.05) is 0 Å². The van der Waals surface area contributed by atoms with Gasteiger partial charge in [-0.05, 0) is 18.2 Å². The van der Waals surface area contributed by atoms with Gasteiger partial charge in [-0.2, -0.15) is 5.10 Å². The van der Waals surface area contributed by atoms with Crippen LogP contribution < -0.4 is 10.6 Å². The number of carbonyl (C=O) groups is 1. The molecule has 2 rings (SSSR count). The number of non-ortho nitro benzene ring substituents is 1. The van der Waals surface area contributed by atoms with E-state index < -0.39 is 4.92 Å². The highest BCUT2D eigenvalue weighted by Crippen LogP contribution is 2.14. The molecule has 0 saturated heterocycles. The van der Waals surface area contributed by atoms with Crippen LogP contribution in [0.1, 0.15) is 10.5 Å². The standard InChI is InChI=1S/C15H19N5O4/c1-24-11-9-16-7-8-17-15(21)14-6-10-19(18-14)12-2-4-13(5-3-12)20(22)23/h2-6,10,16H,7-9,11H2,1H3,(H,17,21). The first-order valence-electron chi connectivity index (χ1n) is 7.40. The topological polar surface area (TPSA) is 111 Å². The largest absolute Gasteiger partial charge is 0.383 e. The molecule has 9 nitrogen and oxygen atoms in total. The van der Waals surface area contributed by atoms with Crippen molar-refractivity contribution in [2.24, 2.45) is 0 Å². The highest BCUT2D eigenvalue weighted by Gasteiger charge is 2.10. The van der Waals surface area contributed by atoms with Crippen LogP contribution >= 0.6 is 0 Å². The fourth-order valence-corrected chi connectivity index (χ4v) is 1.97. The summed E-state index contributed by atoms with van der Waals surface area (Å²) in [7, 11) is 1.63. The maximum Gasteiger partial charge on any atom is 0.271 e. The molecule has 0 unspecified atom stereocenters. The van der Waals surface area contributed by atoms with Crippen LogP contribution in [-0.4, -0.2) is 54.0 Å². The molecule has 0 aliphatic heterocycles. The van der Waals surface area contributed by atoms with Crippen molar-refractivity contribution in [3.05, 3.63) is 52.3 Å². The second-order valence-electron chi connectivity index (χ2n) is 4.92.